The Kier molecular flexibility index (Phi) is 4.71. The molecule has 8 nitrogen and oxygen atoms in total. The van der Waals surface area contributed by atoms with Crippen LogP contribution >= 0.6 is 22.9 Å². The summed E-state index contributed by atoms with van der Waals surface area (Å²) < 4.78 is 24.9. The Morgan fingerprint density at radius 2 is 2.04 bits per heavy atom. The van der Waals surface area contributed by atoms with Crippen LogP contribution in [0, 0.1) is 0 Å². The van der Waals surface area contributed by atoms with Crippen LogP contribution in [-0.4, -0.2) is 39.1 Å². The van der Waals surface area contributed by atoms with E-state index in [-0.39, 0.29) is 15.1 Å². The Hall–Kier alpha value is -2.14. The highest BCUT2D eigenvalue weighted by atomic mass is 35.5. The van der Waals surface area contributed by atoms with Gasteiger partial charge in [-0.15, -0.1) is 21.5 Å². The quantitative estimate of drug-likeness (QED) is 0.689. The minimum atomic E-state index is -3.70. The number of tetrazole rings is 1. The molecule has 0 radical (unpaired) electrons. The van der Waals surface area contributed by atoms with Crippen molar-refractivity contribution in [3.05, 3.63) is 52.3 Å². The van der Waals surface area contributed by atoms with Crippen molar-refractivity contribution in [3.8, 4) is 0 Å². The number of nitrogens with zero attached hydrogens (tertiary/aromatic N) is 4. The van der Waals surface area contributed by atoms with Gasteiger partial charge >= 0.3 is 0 Å². The first-order valence-corrected chi connectivity index (χ1v) is 9.27. The Labute approximate surface area is 145 Å². The Morgan fingerprint density at radius 1 is 1.29 bits per heavy atom. The number of thiazole rings is 1. The van der Waals surface area contributed by atoms with Crippen molar-refractivity contribution in [2.75, 3.05) is 0 Å². The summed E-state index contributed by atoms with van der Waals surface area (Å²) in [6.07, 6.45) is 1.80. The van der Waals surface area contributed by atoms with E-state index in [2.05, 4.69) is 25.6 Å². The van der Waals surface area contributed by atoms with Gasteiger partial charge in [0.2, 0.25) is 20.0 Å². The molecule has 0 fully saturated rings. The minimum Gasteiger partial charge on any atom is -0.381 e. The fourth-order valence-corrected chi connectivity index (χ4v) is 4.25. The lowest BCUT2D eigenvalue weighted by Gasteiger charge is -2.00. The summed E-state index contributed by atoms with van der Waals surface area (Å²) in [5.41, 5.74) is 0.398. The summed E-state index contributed by atoms with van der Waals surface area (Å²) in [7, 11) is -3.70. The number of aliphatic hydroxyl groups excluding tert-OH is 1. The highest BCUT2D eigenvalue weighted by Gasteiger charge is 2.21. The molecule has 2 N–H and O–H groups in total. The number of H-pyrrole nitrogens is 1. The molecule has 2 aromatic heterocycles. The van der Waals surface area contributed by atoms with E-state index in [1.165, 1.54) is 36.4 Å². The highest BCUT2D eigenvalue weighted by molar-refractivity contribution is 7.93. The number of benzene rings is 1. The van der Waals surface area contributed by atoms with Crippen LogP contribution in [0.15, 0.2) is 45.0 Å². The maximum atomic E-state index is 12.5. The summed E-state index contributed by atoms with van der Waals surface area (Å²) >= 11 is 6.76. The number of aromatic nitrogens is 5. The molecule has 0 aliphatic heterocycles. The SMILES string of the molecule is O=S(=O)(c1ccc(Cl)cc1)c1nc(C=CC(O)c2nn[nH]n2)cs1. The zero-order chi connectivity index (χ0) is 17.2. The first-order chi connectivity index (χ1) is 11.5. The molecule has 0 aliphatic rings. The average molecular weight is 384 g/mol. The minimum absolute atomic E-state index is 0.0430. The van der Waals surface area contributed by atoms with Crippen molar-refractivity contribution >= 4 is 38.9 Å². The molecule has 0 saturated heterocycles. The molecule has 124 valence electrons. The van der Waals surface area contributed by atoms with Gasteiger partial charge in [0.1, 0.15) is 6.10 Å². The van der Waals surface area contributed by atoms with Crippen molar-refractivity contribution in [1.82, 2.24) is 25.6 Å². The van der Waals surface area contributed by atoms with Crippen LogP contribution in [0.25, 0.3) is 6.08 Å². The van der Waals surface area contributed by atoms with Crippen molar-refractivity contribution in [2.45, 2.75) is 15.3 Å². The average Bonchev–Trinajstić information content (AvgIpc) is 3.25. The van der Waals surface area contributed by atoms with Gasteiger partial charge in [-0.2, -0.15) is 5.21 Å². The van der Waals surface area contributed by atoms with Crippen LogP contribution in [0.4, 0.5) is 0 Å². The van der Waals surface area contributed by atoms with E-state index in [0.717, 1.165) is 11.3 Å². The second-order valence-electron chi connectivity index (χ2n) is 4.57. The number of hydrogen-bond donors (Lipinski definition) is 2. The fourth-order valence-electron chi connectivity index (χ4n) is 1.75. The molecule has 0 saturated carbocycles. The molecule has 3 aromatic rings. The van der Waals surface area contributed by atoms with Gasteiger partial charge in [-0.05, 0) is 36.4 Å². The molecule has 0 bridgehead atoms. The van der Waals surface area contributed by atoms with E-state index in [0.29, 0.717) is 10.7 Å². The van der Waals surface area contributed by atoms with Crippen LogP contribution in [-0.2, 0) is 9.84 Å². The van der Waals surface area contributed by atoms with Gasteiger partial charge < -0.3 is 5.11 Å². The Bertz CT molecular complexity index is 952. The molecular formula is C13H10ClN5O3S2. The van der Waals surface area contributed by atoms with Crippen LogP contribution in [0.2, 0.25) is 5.02 Å². The summed E-state index contributed by atoms with van der Waals surface area (Å²) in [5, 5.41) is 24.7. The third-order valence-corrected chi connectivity index (χ3v) is 6.23. The molecule has 1 unspecified atom stereocenters. The largest absolute Gasteiger partial charge is 0.381 e. The topological polar surface area (TPSA) is 122 Å². The Balaban J connectivity index is 1.81. The molecule has 0 amide bonds. The molecular weight excluding hydrogens is 374 g/mol. The molecule has 0 aliphatic carbocycles. The molecule has 1 atom stereocenters. The molecule has 3 rings (SSSR count). The smallest absolute Gasteiger partial charge is 0.233 e. The fraction of sp³-hybridized carbons (Fsp3) is 0.0769. The maximum Gasteiger partial charge on any atom is 0.233 e. The van der Waals surface area contributed by atoms with E-state index >= 15 is 0 Å². The number of nitrogens with one attached hydrogen (secondary N) is 1. The number of halogens is 1. The summed E-state index contributed by atoms with van der Waals surface area (Å²) in [6, 6.07) is 5.86. The molecule has 0 spiro atoms. The second-order valence-corrected chi connectivity index (χ2v) is 7.99. The number of sulfone groups is 1. The van der Waals surface area contributed by atoms with Gasteiger partial charge in [-0.3, -0.25) is 0 Å². The van der Waals surface area contributed by atoms with Gasteiger partial charge in [-0.25, -0.2) is 13.4 Å². The molecule has 2 heterocycles. The predicted molar refractivity (Wildman–Crippen MR) is 87.2 cm³/mol. The van der Waals surface area contributed by atoms with Crippen LogP contribution in [0.1, 0.15) is 17.6 Å². The normalized spacial score (nSPS) is 13.4. The third-order valence-electron chi connectivity index (χ3n) is 2.93. The van der Waals surface area contributed by atoms with Crippen molar-refractivity contribution in [1.29, 1.82) is 0 Å². The van der Waals surface area contributed by atoms with Crippen LogP contribution in [0.5, 0.6) is 0 Å². The summed E-state index contributed by atoms with van der Waals surface area (Å²) in [5.74, 6) is 0.107. The monoisotopic (exact) mass is 383 g/mol. The second kappa shape index (κ2) is 6.77. The number of hydrogen-bond acceptors (Lipinski definition) is 8. The van der Waals surface area contributed by atoms with Crippen molar-refractivity contribution < 1.29 is 13.5 Å². The van der Waals surface area contributed by atoms with E-state index in [1.807, 2.05) is 0 Å². The number of rotatable bonds is 5. The Morgan fingerprint density at radius 3 is 2.71 bits per heavy atom. The number of aromatic amines is 1. The van der Waals surface area contributed by atoms with E-state index < -0.39 is 15.9 Å². The summed E-state index contributed by atoms with van der Waals surface area (Å²) in [4.78, 5) is 4.18. The zero-order valence-electron chi connectivity index (χ0n) is 11.9. The van der Waals surface area contributed by atoms with Gasteiger partial charge in [-0.1, -0.05) is 16.8 Å². The van der Waals surface area contributed by atoms with Crippen molar-refractivity contribution in [2.24, 2.45) is 0 Å². The molecule has 11 heteroatoms. The van der Waals surface area contributed by atoms with Crippen LogP contribution < -0.4 is 0 Å². The van der Waals surface area contributed by atoms with Gasteiger partial charge in [0.15, 0.2) is 0 Å². The van der Waals surface area contributed by atoms with E-state index in [4.69, 9.17) is 11.6 Å². The van der Waals surface area contributed by atoms with E-state index in [1.54, 1.807) is 5.38 Å². The maximum absolute atomic E-state index is 12.5. The standard InChI is InChI=1S/C13H10ClN5O3S2/c14-8-1-4-10(5-2-8)24(21,22)13-15-9(7-23-13)3-6-11(20)12-16-18-19-17-12/h1-7,11,20H,(H,16,17,18,19). The molecule has 1 aromatic carbocycles. The first kappa shape index (κ1) is 16.7. The van der Waals surface area contributed by atoms with Crippen molar-refractivity contribution in [3.63, 3.8) is 0 Å². The first-order valence-electron chi connectivity index (χ1n) is 6.52. The summed E-state index contributed by atoms with van der Waals surface area (Å²) in [6.45, 7) is 0. The van der Waals surface area contributed by atoms with Gasteiger partial charge in [0, 0.05) is 10.4 Å². The van der Waals surface area contributed by atoms with Crippen LogP contribution in [0.3, 0.4) is 0 Å². The number of aliphatic hydroxyl groups is 1. The van der Waals surface area contributed by atoms with Gasteiger partial charge in [0.25, 0.3) is 0 Å². The third kappa shape index (κ3) is 3.51. The zero-order valence-corrected chi connectivity index (χ0v) is 14.3. The van der Waals surface area contributed by atoms with Gasteiger partial charge in [0.05, 0.1) is 10.6 Å². The predicted octanol–water partition coefficient (Wildman–Crippen LogP) is 1.89. The lowest BCUT2D eigenvalue weighted by atomic mass is 10.3. The highest BCUT2D eigenvalue weighted by Crippen LogP contribution is 2.25. The molecule has 24 heavy (non-hydrogen) atoms. The van der Waals surface area contributed by atoms with E-state index in [9.17, 15) is 13.5 Å². The lowest BCUT2D eigenvalue weighted by molar-refractivity contribution is 0.219. The lowest BCUT2D eigenvalue weighted by Crippen LogP contribution is -2.01.